The molecule has 1 saturated heterocycles. The molecule has 1 aliphatic heterocycles. The lowest BCUT2D eigenvalue weighted by atomic mass is 10.1. The molecule has 2 heterocycles. The fourth-order valence-corrected chi connectivity index (χ4v) is 4.61. The van der Waals surface area contributed by atoms with E-state index in [4.69, 9.17) is 9.72 Å². The quantitative estimate of drug-likeness (QED) is 0.442. The van der Waals surface area contributed by atoms with E-state index in [0.717, 1.165) is 39.4 Å². The van der Waals surface area contributed by atoms with Gasteiger partial charge in [-0.2, -0.15) is 0 Å². The summed E-state index contributed by atoms with van der Waals surface area (Å²) in [5, 5.41) is 10.8. The first-order valence-electron chi connectivity index (χ1n) is 11.7. The van der Waals surface area contributed by atoms with Crippen molar-refractivity contribution in [1.82, 2.24) is 9.55 Å². The Morgan fingerprint density at radius 3 is 2.62 bits per heavy atom. The largest absolute Gasteiger partial charge is 0.491 e. The maximum Gasteiger partial charge on any atom is 0.227 e. The first-order chi connectivity index (χ1) is 16.5. The van der Waals surface area contributed by atoms with E-state index in [2.05, 4.69) is 4.57 Å². The van der Waals surface area contributed by atoms with Crippen LogP contribution in [0, 0.1) is 13.8 Å². The molecule has 0 bridgehead atoms. The molecule has 0 saturated carbocycles. The van der Waals surface area contributed by atoms with E-state index in [1.54, 1.807) is 0 Å². The number of amides is 1. The zero-order valence-electron chi connectivity index (χ0n) is 19.5. The highest BCUT2D eigenvalue weighted by molar-refractivity contribution is 5.96. The van der Waals surface area contributed by atoms with Crippen molar-refractivity contribution in [1.29, 1.82) is 0 Å². The van der Waals surface area contributed by atoms with E-state index >= 15 is 0 Å². The number of para-hydroxylation sites is 2. The number of carbonyl (C=O) groups is 1. The second-order valence-corrected chi connectivity index (χ2v) is 9.09. The summed E-state index contributed by atoms with van der Waals surface area (Å²) in [6, 6.07) is 23.7. The van der Waals surface area contributed by atoms with Gasteiger partial charge in [0.2, 0.25) is 5.91 Å². The van der Waals surface area contributed by atoms with Gasteiger partial charge in [-0.05, 0) is 55.8 Å². The monoisotopic (exact) mass is 455 g/mol. The molecule has 0 spiro atoms. The number of aliphatic hydroxyl groups excluding tert-OH is 1. The van der Waals surface area contributed by atoms with Crippen LogP contribution in [-0.4, -0.2) is 39.8 Å². The number of hydrogen-bond donors (Lipinski definition) is 1. The molecule has 1 amide bonds. The minimum atomic E-state index is -0.720. The van der Waals surface area contributed by atoms with Crippen molar-refractivity contribution in [3.8, 4) is 5.75 Å². The number of aromatic nitrogens is 2. The van der Waals surface area contributed by atoms with Crippen molar-refractivity contribution in [3.05, 3.63) is 89.7 Å². The molecule has 4 aromatic rings. The second-order valence-electron chi connectivity index (χ2n) is 9.09. The van der Waals surface area contributed by atoms with Gasteiger partial charge in [0.05, 0.1) is 17.6 Å². The summed E-state index contributed by atoms with van der Waals surface area (Å²) in [4.78, 5) is 19.7. The van der Waals surface area contributed by atoms with Gasteiger partial charge in [0.25, 0.3) is 0 Å². The predicted molar refractivity (Wildman–Crippen MR) is 133 cm³/mol. The minimum absolute atomic E-state index is 0.0503. The Morgan fingerprint density at radius 1 is 1.03 bits per heavy atom. The molecule has 1 aliphatic rings. The molecule has 0 radical (unpaired) electrons. The Bertz CT molecular complexity index is 1310. The molecular formula is C28H29N3O3. The molecular weight excluding hydrogens is 426 g/mol. The number of carbonyl (C=O) groups excluding carboxylic acids is 1. The number of rotatable bonds is 7. The van der Waals surface area contributed by atoms with Crippen LogP contribution in [0.3, 0.4) is 0 Å². The van der Waals surface area contributed by atoms with Crippen molar-refractivity contribution in [2.45, 2.75) is 38.8 Å². The smallest absolute Gasteiger partial charge is 0.227 e. The van der Waals surface area contributed by atoms with E-state index in [1.165, 1.54) is 0 Å². The summed E-state index contributed by atoms with van der Waals surface area (Å²) in [6.07, 6.45) is -0.324. The summed E-state index contributed by atoms with van der Waals surface area (Å²) in [5.74, 6) is 1.61. The topological polar surface area (TPSA) is 67.6 Å². The Balaban J connectivity index is 1.38. The lowest BCUT2D eigenvalue weighted by molar-refractivity contribution is -0.117. The van der Waals surface area contributed by atoms with Gasteiger partial charge in [0.15, 0.2) is 0 Å². The lowest BCUT2D eigenvalue weighted by Gasteiger charge is -2.19. The minimum Gasteiger partial charge on any atom is -0.491 e. The molecule has 2 atom stereocenters. The number of ether oxygens (including phenoxy) is 1. The van der Waals surface area contributed by atoms with Gasteiger partial charge in [-0.25, -0.2) is 4.98 Å². The molecule has 1 N–H and O–H groups in total. The van der Waals surface area contributed by atoms with Crippen LogP contribution in [0.25, 0.3) is 11.0 Å². The van der Waals surface area contributed by atoms with Crippen LogP contribution in [0.15, 0.2) is 72.8 Å². The van der Waals surface area contributed by atoms with Crippen molar-refractivity contribution in [2.24, 2.45) is 0 Å². The van der Waals surface area contributed by atoms with Crippen LogP contribution < -0.4 is 9.64 Å². The highest BCUT2D eigenvalue weighted by atomic mass is 16.5. The zero-order valence-corrected chi connectivity index (χ0v) is 19.5. The summed E-state index contributed by atoms with van der Waals surface area (Å²) in [6.45, 7) is 5.14. The number of aryl methyl sites for hydroxylation is 2. The van der Waals surface area contributed by atoms with Gasteiger partial charge in [0, 0.05) is 24.6 Å². The van der Waals surface area contributed by atoms with E-state index in [-0.39, 0.29) is 18.4 Å². The fourth-order valence-electron chi connectivity index (χ4n) is 4.61. The van der Waals surface area contributed by atoms with Crippen LogP contribution in [0.1, 0.15) is 29.3 Å². The number of hydrogen-bond acceptors (Lipinski definition) is 4. The van der Waals surface area contributed by atoms with Crippen LogP contribution in [0.4, 0.5) is 5.69 Å². The summed E-state index contributed by atoms with van der Waals surface area (Å²) in [7, 11) is 0. The van der Waals surface area contributed by atoms with Crippen molar-refractivity contribution >= 4 is 22.6 Å². The normalized spacial score (nSPS) is 16.9. The standard InChI is InChI=1S/C28H29N3O3/c1-19-10-12-24(13-11-19)34-18-23(32)17-31-26-9-4-3-8-25(26)29-28(31)21-15-27(33)30(16-21)22-7-5-6-20(2)14-22/h3-14,21,23,32H,15-18H2,1-2H3/t21-,23-/m0/s1. The van der Waals surface area contributed by atoms with Crippen LogP contribution >= 0.6 is 0 Å². The van der Waals surface area contributed by atoms with Crippen molar-refractivity contribution < 1.29 is 14.6 Å². The van der Waals surface area contributed by atoms with Gasteiger partial charge >= 0.3 is 0 Å². The highest BCUT2D eigenvalue weighted by Crippen LogP contribution is 2.33. The number of nitrogens with zero attached hydrogens (tertiary/aromatic N) is 3. The van der Waals surface area contributed by atoms with E-state index in [0.29, 0.717) is 19.5 Å². The molecule has 0 unspecified atom stereocenters. The first kappa shape index (κ1) is 22.2. The van der Waals surface area contributed by atoms with E-state index in [1.807, 2.05) is 91.5 Å². The average molecular weight is 456 g/mol. The van der Waals surface area contributed by atoms with Crippen LogP contribution in [0.2, 0.25) is 0 Å². The first-order valence-corrected chi connectivity index (χ1v) is 11.7. The Kier molecular flexibility index (Phi) is 6.07. The van der Waals surface area contributed by atoms with Gasteiger partial charge in [-0.3, -0.25) is 4.79 Å². The Hall–Kier alpha value is -3.64. The summed E-state index contributed by atoms with van der Waals surface area (Å²) in [5.41, 5.74) is 5.02. The molecule has 6 heteroatoms. The Morgan fingerprint density at radius 2 is 1.82 bits per heavy atom. The average Bonchev–Trinajstić information content (AvgIpc) is 3.39. The molecule has 5 rings (SSSR count). The van der Waals surface area contributed by atoms with Crippen molar-refractivity contribution in [3.63, 3.8) is 0 Å². The molecule has 3 aromatic carbocycles. The van der Waals surface area contributed by atoms with Gasteiger partial charge < -0.3 is 19.3 Å². The number of anilines is 1. The zero-order chi connectivity index (χ0) is 23.7. The van der Waals surface area contributed by atoms with Gasteiger partial charge in [-0.1, -0.05) is 42.0 Å². The number of aliphatic hydroxyl groups is 1. The van der Waals surface area contributed by atoms with E-state index < -0.39 is 6.10 Å². The number of fused-ring (bicyclic) bond motifs is 1. The van der Waals surface area contributed by atoms with E-state index in [9.17, 15) is 9.90 Å². The lowest BCUT2D eigenvalue weighted by Crippen LogP contribution is -2.26. The number of benzene rings is 3. The third-order valence-electron chi connectivity index (χ3n) is 6.34. The molecule has 174 valence electrons. The van der Waals surface area contributed by atoms with Crippen LogP contribution in [-0.2, 0) is 11.3 Å². The molecule has 1 fully saturated rings. The van der Waals surface area contributed by atoms with Crippen LogP contribution in [0.5, 0.6) is 5.75 Å². The third-order valence-corrected chi connectivity index (χ3v) is 6.34. The molecule has 6 nitrogen and oxygen atoms in total. The van der Waals surface area contributed by atoms with Gasteiger partial charge in [-0.15, -0.1) is 0 Å². The molecule has 1 aromatic heterocycles. The summed E-state index contributed by atoms with van der Waals surface area (Å²) >= 11 is 0. The fraction of sp³-hybridized carbons (Fsp3) is 0.286. The predicted octanol–water partition coefficient (Wildman–Crippen LogP) is 4.61. The third kappa shape index (κ3) is 4.54. The second kappa shape index (κ2) is 9.31. The van der Waals surface area contributed by atoms with Crippen molar-refractivity contribution in [2.75, 3.05) is 18.1 Å². The van der Waals surface area contributed by atoms with Gasteiger partial charge in [0.1, 0.15) is 24.3 Å². The maximum absolute atomic E-state index is 12.9. The summed E-state index contributed by atoms with van der Waals surface area (Å²) < 4.78 is 7.86. The molecule has 34 heavy (non-hydrogen) atoms. The maximum atomic E-state index is 12.9. The molecule has 0 aliphatic carbocycles. The Labute approximate surface area is 199 Å². The highest BCUT2D eigenvalue weighted by Gasteiger charge is 2.35. The number of imidazole rings is 1. The SMILES string of the molecule is Cc1ccc(OC[C@@H](O)Cn2c([C@H]3CC(=O)N(c4cccc(C)c4)C3)nc3ccccc32)cc1.